The van der Waals surface area contributed by atoms with Gasteiger partial charge in [-0.05, 0) is 41.1 Å². The van der Waals surface area contributed by atoms with Gasteiger partial charge < -0.3 is 15.1 Å². The quantitative estimate of drug-likeness (QED) is 0.621. The smallest absolute Gasteiger partial charge is 0.255 e. The average Bonchev–Trinajstić information content (AvgIpc) is 2.83. The van der Waals surface area contributed by atoms with Crippen LogP contribution in [0.5, 0.6) is 0 Å². The fraction of sp³-hybridized carbons (Fsp3) is 0.240. The zero-order chi connectivity index (χ0) is 23.4. The van der Waals surface area contributed by atoms with Crippen LogP contribution in [0.1, 0.15) is 27.1 Å². The topological polar surface area (TPSA) is 69.7 Å². The Morgan fingerprint density at radius 1 is 0.879 bits per heavy atom. The van der Waals surface area contributed by atoms with Crippen LogP contribution < -0.4 is 5.32 Å². The summed E-state index contributed by atoms with van der Waals surface area (Å²) in [4.78, 5) is 40.9. The van der Waals surface area contributed by atoms with Gasteiger partial charge in [0.15, 0.2) is 0 Å². The van der Waals surface area contributed by atoms with Gasteiger partial charge in [0.1, 0.15) is 5.82 Å². The van der Waals surface area contributed by atoms with E-state index in [2.05, 4.69) is 5.32 Å². The molecule has 1 aliphatic heterocycles. The fourth-order valence-electron chi connectivity index (χ4n) is 3.87. The second-order valence-electron chi connectivity index (χ2n) is 7.86. The Morgan fingerprint density at radius 3 is 2.30 bits per heavy atom. The molecule has 0 aromatic heterocycles. The Bertz CT molecular complexity index is 1210. The van der Waals surface area contributed by atoms with E-state index < -0.39 is 5.82 Å². The van der Waals surface area contributed by atoms with E-state index in [1.807, 2.05) is 36.4 Å². The minimum absolute atomic E-state index is 0.0701. The molecule has 4 rings (SSSR count). The fourth-order valence-corrected chi connectivity index (χ4v) is 4.11. The van der Waals surface area contributed by atoms with Crippen molar-refractivity contribution in [2.75, 3.05) is 32.7 Å². The second-order valence-corrected chi connectivity index (χ2v) is 8.27. The molecule has 0 unspecified atom stereocenters. The summed E-state index contributed by atoms with van der Waals surface area (Å²) in [5.41, 5.74) is 0.793. The summed E-state index contributed by atoms with van der Waals surface area (Å²) in [5, 5.41) is 4.91. The molecule has 1 heterocycles. The number of nitrogens with zero attached hydrogens (tertiary/aromatic N) is 2. The van der Waals surface area contributed by atoms with Crippen molar-refractivity contribution in [3.8, 4) is 0 Å². The number of carbonyl (C=O) groups excluding carboxylic acids is 3. The molecule has 1 saturated heterocycles. The maximum absolute atomic E-state index is 13.2. The monoisotopic (exact) mass is 467 g/mol. The summed E-state index contributed by atoms with van der Waals surface area (Å²) < 4.78 is 13.2. The number of piperazine rings is 1. The molecule has 0 atom stereocenters. The van der Waals surface area contributed by atoms with Crippen molar-refractivity contribution in [1.82, 2.24) is 15.1 Å². The van der Waals surface area contributed by atoms with Crippen LogP contribution >= 0.6 is 11.6 Å². The van der Waals surface area contributed by atoms with Crippen LogP contribution in [0.2, 0.25) is 5.02 Å². The minimum Gasteiger partial charge on any atom is -0.352 e. The summed E-state index contributed by atoms with van der Waals surface area (Å²) in [6, 6.07) is 17.0. The summed E-state index contributed by atoms with van der Waals surface area (Å²) >= 11 is 5.99. The van der Waals surface area contributed by atoms with Crippen LogP contribution in [-0.4, -0.2) is 60.2 Å². The van der Waals surface area contributed by atoms with Gasteiger partial charge in [-0.2, -0.15) is 0 Å². The molecule has 0 spiro atoms. The number of hydrogen-bond acceptors (Lipinski definition) is 3. The van der Waals surface area contributed by atoms with Gasteiger partial charge in [0, 0.05) is 44.7 Å². The molecule has 0 radical (unpaired) electrons. The number of amides is 3. The first-order valence-corrected chi connectivity index (χ1v) is 11.1. The Balaban J connectivity index is 1.24. The molecule has 0 aliphatic carbocycles. The normalized spacial score (nSPS) is 13.8. The highest BCUT2D eigenvalue weighted by Crippen LogP contribution is 2.20. The van der Waals surface area contributed by atoms with Gasteiger partial charge in [-0.25, -0.2) is 4.39 Å². The van der Waals surface area contributed by atoms with Crippen LogP contribution in [0, 0.1) is 5.82 Å². The standard InChI is InChI=1S/C25H23ClFN3O3/c26-22-16-20(27)7-8-21(22)25(33)30-13-11-29(12-14-30)23(31)9-10-28-24(32)19-6-5-17-3-1-2-4-18(17)15-19/h1-8,15-16H,9-14H2,(H,28,32). The zero-order valence-electron chi connectivity index (χ0n) is 17.9. The van der Waals surface area contributed by atoms with E-state index in [9.17, 15) is 18.8 Å². The summed E-state index contributed by atoms with van der Waals surface area (Å²) in [7, 11) is 0. The molecule has 1 aliphatic rings. The highest BCUT2D eigenvalue weighted by molar-refractivity contribution is 6.33. The molecule has 1 fully saturated rings. The van der Waals surface area contributed by atoms with Crippen molar-refractivity contribution >= 4 is 40.1 Å². The highest BCUT2D eigenvalue weighted by atomic mass is 35.5. The summed E-state index contributed by atoms with van der Waals surface area (Å²) in [6.45, 7) is 1.74. The van der Waals surface area contributed by atoms with Gasteiger partial charge in [-0.15, -0.1) is 0 Å². The van der Waals surface area contributed by atoms with E-state index in [0.717, 1.165) is 16.8 Å². The molecular weight excluding hydrogens is 445 g/mol. The molecule has 33 heavy (non-hydrogen) atoms. The molecule has 1 N–H and O–H groups in total. The molecule has 3 aromatic rings. The predicted octanol–water partition coefficient (Wildman–Crippen LogP) is 3.74. The van der Waals surface area contributed by atoms with Crippen LogP contribution in [-0.2, 0) is 4.79 Å². The first kappa shape index (κ1) is 22.7. The second kappa shape index (κ2) is 10.0. The van der Waals surface area contributed by atoms with E-state index in [1.165, 1.54) is 12.1 Å². The number of carbonyl (C=O) groups is 3. The Kier molecular flexibility index (Phi) is 6.89. The predicted molar refractivity (Wildman–Crippen MR) is 125 cm³/mol. The van der Waals surface area contributed by atoms with Gasteiger partial charge in [0.25, 0.3) is 11.8 Å². The number of halogens is 2. The lowest BCUT2D eigenvalue weighted by Gasteiger charge is -2.35. The largest absolute Gasteiger partial charge is 0.352 e. The van der Waals surface area contributed by atoms with Gasteiger partial charge >= 0.3 is 0 Å². The third kappa shape index (κ3) is 5.31. The highest BCUT2D eigenvalue weighted by Gasteiger charge is 2.26. The zero-order valence-corrected chi connectivity index (χ0v) is 18.6. The van der Waals surface area contributed by atoms with Crippen molar-refractivity contribution in [3.63, 3.8) is 0 Å². The minimum atomic E-state index is -0.500. The van der Waals surface area contributed by atoms with Crippen LogP contribution in [0.25, 0.3) is 10.8 Å². The number of benzene rings is 3. The average molecular weight is 468 g/mol. The lowest BCUT2D eigenvalue weighted by atomic mass is 10.1. The molecule has 0 bridgehead atoms. The summed E-state index contributed by atoms with van der Waals surface area (Å²) in [6.07, 6.45) is 0.178. The SMILES string of the molecule is O=C(NCCC(=O)N1CCN(C(=O)c2ccc(F)cc2Cl)CC1)c1ccc2ccccc2c1. The number of rotatable bonds is 5. The van der Waals surface area contributed by atoms with Gasteiger partial charge in [-0.3, -0.25) is 14.4 Å². The number of hydrogen-bond donors (Lipinski definition) is 1. The van der Waals surface area contributed by atoms with Crippen LogP contribution in [0.3, 0.4) is 0 Å². The first-order chi connectivity index (χ1) is 15.9. The van der Waals surface area contributed by atoms with Crippen LogP contribution in [0.4, 0.5) is 4.39 Å². The lowest BCUT2D eigenvalue weighted by molar-refractivity contribution is -0.132. The maximum Gasteiger partial charge on any atom is 0.255 e. The van der Waals surface area contributed by atoms with E-state index in [4.69, 9.17) is 11.6 Å². The Labute approximate surface area is 195 Å². The maximum atomic E-state index is 13.2. The Hall–Kier alpha value is -3.45. The third-order valence-corrected chi connectivity index (χ3v) is 6.03. The third-order valence-electron chi connectivity index (χ3n) is 5.72. The van der Waals surface area contributed by atoms with E-state index in [-0.39, 0.29) is 41.3 Å². The Morgan fingerprint density at radius 2 is 1.58 bits per heavy atom. The molecule has 6 nitrogen and oxygen atoms in total. The molecular formula is C25H23ClFN3O3. The van der Waals surface area contributed by atoms with Crippen LogP contribution in [0.15, 0.2) is 60.7 Å². The van der Waals surface area contributed by atoms with Gasteiger partial charge in [0.2, 0.25) is 5.91 Å². The van der Waals surface area contributed by atoms with E-state index in [1.54, 1.807) is 15.9 Å². The first-order valence-electron chi connectivity index (χ1n) is 10.7. The lowest BCUT2D eigenvalue weighted by Crippen LogP contribution is -2.51. The molecule has 8 heteroatoms. The van der Waals surface area contributed by atoms with E-state index in [0.29, 0.717) is 31.7 Å². The van der Waals surface area contributed by atoms with Crippen molar-refractivity contribution in [2.24, 2.45) is 0 Å². The van der Waals surface area contributed by atoms with Gasteiger partial charge in [0.05, 0.1) is 10.6 Å². The number of fused-ring (bicyclic) bond motifs is 1. The number of nitrogens with one attached hydrogen (secondary N) is 1. The van der Waals surface area contributed by atoms with Gasteiger partial charge in [-0.1, -0.05) is 41.9 Å². The van der Waals surface area contributed by atoms with Crippen molar-refractivity contribution in [2.45, 2.75) is 6.42 Å². The summed E-state index contributed by atoms with van der Waals surface area (Å²) in [5.74, 6) is -1.09. The van der Waals surface area contributed by atoms with E-state index >= 15 is 0 Å². The van der Waals surface area contributed by atoms with Crippen molar-refractivity contribution in [1.29, 1.82) is 0 Å². The molecule has 170 valence electrons. The van der Waals surface area contributed by atoms with Crippen molar-refractivity contribution < 1.29 is 18.8 Å². The molecule has 3 amide bonds. The molecule has 0 saturated carbocycles. The molecule has 3 aromatic carbocycles. The van der Waals surface area contributed by atoms with Crippen molar-refractivity contribution in [3.05, 3.63) is 82.6 Å².